The molecule has 0 aromatic heterocycles. The second-order valence-corrected chi connectivity index (χ2v) is 3.58. The van der Waals surface area contributed by atoms with Gasteiger partial charge in [0.25, 0.3) is 0 Å². The van der Waals surface area contributed by atoms with Crippen LogP contribution < -0.4 is 5.32 Å². The summed E-state index contributed by atoms with van der Waals surface area (Å²) in [6, 6.07) is 7.02. The van der Waals surface area contributed by atoms with Gasteiger partial charge in [-0.3, -0.25) is 5.32 Å². The fourth-order valence-corrected chi connectivity index (χ4v) is 1.42. The van der Waals surface area contributed by atoms with Crippen LogP contribution in [0, 0.1) is 18.3 Å². The van der Waals surface area contributed by atoms with E-state index in [-0.39, 0.29) is 5.75 Å². The van der Waals surface area contributed by atoms with Crippen molar-refractivity contribution in [2.75, 3.05) is 6.54 Å². The molecule has 0 saturated carbocycles. The molecule has 0 aliphatic rings. The fourth-order valence-electron chi connectivity index (χ4n) is 1.42. The van der Waals surface area contributed by atoms with Crippen molar-refractivity contribution >= 4 is 0 Å². The third-order valence-corrected chi connectivity index (χ3v) is 2.22. The van der Waals surface area contributed by atoms with Crippen molar-refractivity contribution in [3.8, 4) is 11.8 Å². The van der Waals surface area contributed by atoms with E-state index in [1.54, 1.807) is 6.07 Å². The highest BCUT2D eigenvalue weighted by Crippen LogP contribution is 2.24. The Kier molecular flexibility index (Phi) is 4.14. The highest BCUT2D eigenvalue weighted by molar-refractivity contribution is 5.40. The predicted octanol–water partition coefficient (Wildman–Crippen LogP) is 2.26. The molecule has 0 bridgehead atoms. The first kappa shape index (κ1) is 11.5. The van der Waals surface area contributed by atoms with E-state index >= 15 is 0 Å². The van der Waals surface area contributed by atoms with E-state index in [9.17, 15) is 5.11 Å². The Morgan fingerprint density at radius 1 is 1.53 bits per heavy atom. The molecule has 1 rings (SSSR count). The Morgan fingerprint density at radius 2 is 2.27 bits per heavy atom. The molecule has 1 atom stereocenters. The van der Waals surface area contributed by atoms with Gasteiger partial charge >= 0.3 is 0 Å². The van der Waals surface area contributed by atoms with Gasteiger partial charge in [-0.2, -0.15) is 5.26 Å². The summed E-state index contributed by atoms with van der Waals surface area (Å²) in [6.07, 6.45) is 0.963. The Morgan fingerprint density at radius 3 is 2.87 bits per heavy atom. The third-order valence-electron chi connectivity index (χ3n) is 2.22. The molecule has 15 heavy (non-hydrogen) atoms. The topological polar surface area (TPSA) is 56.0 Å². The van der Waals surface area contributed by atoms with Crippen LogP contribution in [0.3, 0.4) is 0 Å². The van der Waals surface area contributed by atoms with E-state index in [0.717, 1.165) is 18.5 Å². The van der Waals surface area contributed by atoms with Crippen LogP contribution in [-0.4, -0.2) is 11.7 Å². The minimum absolute atomic E-state index is 0.177. The van der Waals surface area contributed by atoms with Crippen molar-refractivity contribution < 1.29 is 5.11 Å². The molecule has 0 fully saturated rings. The molecule has 0 radical (unpaired) electrons. The SMILES string of the molecule is CCCNC(C#N)c1cc(C)ccc1O. The summed E-state index contributed by atoms with van der Waals surface area (Å²) in [5.74, 6) is 0.177. The molecule has 1 aromatic carbocycles. The normalized spacial score (nSPS) is 12.1. The van der Waals surface area contributed by atoms with Crippen molar-refractivity contribution in [3.63, 3.8) is 0 Å². The van der Waals surface area contributed by atoms with Gasteiger partial charge in [-0.25, -0.2) is 0 Å². The maximum Gasteiger partial charge on any atom is 0.124 e. The quantitative estimate of drug-likeness (QED) is 0.791. The van der Waals surface area contributed by atoms with Crippen LogP contribution in [0.4, 0.5) is 0 Å². The summed E-state index contributed by atoms with van der Waals surface area (Å²) in [5.41, 5.74) is 1.70. The third kappa shape index (κ3) is 2.97. The van der Waals surface area contributed by atoms with Crippen molar-refractivity contribution in [2.45, 2.75) is 26.3 Å². The second kappa shape index (κ2) is 5.38. The molecule has 0 aliphatic carbocycles. The molecule has 1 aromatic rings. The molecule has 1 unspecified atom stereocenters. The molecule has 80 valence electrons. The molecular weight excluding hydrogens is 188 g/mol. The smallest absolute Gasteiger partial charge is 0.124 e. The first-order valence-corrected chi connectivity index (χ1v) is 5.11. The number of phenolic OH excluding ortho intramolecular Hbond substituents is 1. The van der Waals surface area contributed by atoms with Crippen LogP contribution in [-0.2, 0) is 0 Å². The Bertz CT molecular complexity index is 368. The van der Waals surface area contributed by atoms with Crippen molar-refractivity contribution in [2.24, 2.45) is 0 Å². The zero-order valence-corrected chi connectivity index (χ0v) is 9.12. The van der Waals surface area contributed by atoms with Crippen LogP contribution in [0.15, 0.2) is 18.2 Å². The predicted molar refractivity (Wildman–Crippen MR) is 59.5 cm³/mol. The average Bonchev–Trinajstić information content (AvgIpc) is 2.24. The van der Waals surface area contributed by atoms with Gasteiger partial charge in [0, 0.05) is 5.56 Å². The number of phenols is 1. The highest BCUT2D eigenvalue weighted by Gasteiger charge is 2.13. The first-order valence-electron chi connectivity index (χ1n) is 5.11. The van der Waals surface area contributed by atoms with E-state index in [1.165, 1.54) is 0 Å². The Balaban J connectivity index is 2.91. The first-order chi connectivity index (χ1) is 7.19. The van der Waals surface area contributed by atoms with Gasteiger partial charge in [0.05, 0.1) is 6.07 Å². The van der Waals surface area contributed by atoms with Crippen molar-refractivity contribution in [3.05, 3.63) is 29.3 Å². The van der Waals surface area contributed by atoms with Gasteiger partial charge in [0.1, 0.15) is 11.8 Å². The van der Waals surface area contributed by atoms with Gasteiger partial charge in [0.15, 0.2) is 0 Å². The number of hydrogen-bond donors (Lipinski definition) is 2. The van der Waals surface area contributed by atoms with Gasteiger partial charge in [0.2, 0.25) is 0 Å². The standard InChI is InChI=1S/C12H16N2O/c1-3-6-14-11(8-13)10-7-9(2)4-5-12(10)15/h4-5,7,11,14-15H,3,6H2,1-2H3. The number of nitrogens with one attached hydrogen (secondary N) is 1. The van der Waals surface area contributed by atoms with Crippen LogP contribution >= 0.6 is 0 Å². The van der Waals surface area contributed by atoms with Gasteiger partial charge in [-0.1, -0.05) is 18.6 Å². The lowest BCUT2D eigenvalue weighted by Crippen LogP contribution is -2.20. The molecular formula is C12H16N2O. The van der Waals surface area contributed by atoms with Crippen molar-refractivity contribution in [1.82, 2.24) is 5.32 Å². The highest BCUT2D eigenvalue weighted by atomic mass is 16.3. The number of rotatable bonds is 4. The molecule has 0 amide bonds. The van der Waals surface area contributed by atoms with E-state index in [1.807, 2.05) is 26.0 Å². The Hall–Kier alpha value is -1.53. The summed E-state index contributed by atoms with van der Waals surface area (Å²) < 4.78 is 0. The van der Waals surface area contributed by atoms with Gasteiger partial charge in [-0.05, 0) is 32.0 Å². The minimum Gasteiger partial charge on any atom is -0.508 e. The van der Waals surface area contributed by atoms with Crippen LogP contribution in [0.5, 0.6) is 5.75 Å². The number of nitriles is 1. The molecule has 0 aliphatic heterocycles. The minimum atomic E-state index is -0.426. The summed E-state index contributed by atoms with van der Waals surface area (Å²) in [4.78, 5) is 0. The summed E-state index contributed by atoms with van der Waals surface area (Å²) in [5, 5.41) is 21.7. The second-order valence-electron chi connectivity index (χ2n) is 3.58. The zero-order valence-electron chi connectivity index (χ0n) is 9.12. The lowest BCUT2D eigenvalue weighted by Gasteiger charge is -2.13. The Labute approximate surface area is 90.4 Å². The van der Waals surface area contributed by atoms with E-state index in [4.69, 9.17) is 5.26 Å². The molecule has 3 heteroatoms. The average molecular weight is 204 g/mol. The van der Waals surface area contributed by atoms with Crippen molar-refractivity contribution in [1.29, 1.82) is 5.26 Å². The summed E-state index contributed by atoms with van der Waals surface area (Å²) >= 11 is 0. The zero-order chi connectivity index (χ0) is 11.3. The van der Waals surface area contributed by atoms with Crippen LogP contribution in [0.1, 0.15) is 30.5 Å². The molecule has 0 saturated heterocycles. The summed E-state index contributed by atoms with van der Waals surface area (Å²) in [7, 11) is 0. The van der Waals surface area contributed by atoms with E-state index in [2.05, 4.69) is 11.4 Å². The number of aromatic hydroxyl groups is 1. The number of benzene rings is 1. The molecule has 2 N–H and O–H groups in total. The molecule has 3 nitrogen and oxygen atoms in total. The summed E-state index contributed by atoms with van der Waals surface area (Å²) in [6.45, 7) is 4.75. The van der Waals surface area contributed by atoms with E-state index in [0.29, 0.717) is 5.56 Å². The maximum atomic E-state index is 9.64. The van der Waals surface area contributed by atoms with Gasteiger partial charge in [-0.15, -0.1) is 0 Å². The molecule has 0 spiro atoms. The van der Waals surface area contributed by atoms with Crippen LogP contribution in [0.25, 0.3) is 0 Å². The fraction of sp³-hybridized carbons (Fsp3) is 0.417. The molecule has 0 heterocycles. The lowest BCUT2D eigenvalue weighted by atomic mass is 10.0. The number of nitrogens with zero attached hydrogens (tertiary/aromatic N) is 1. The lowest BCUT2D eigenvalue weighted by molar-refractivity contribution is 0.459. The largest absolute Gasteiger partial charge is 0.508 e. The monoisotopic (exact) mass is 204 g/mol. The van der Waals surface area contributed by atoms with Gasteiger partial charge < -0.3 is 5.11 Å². The van der Waals surface area contributed by atoms with Crippen LogP contribution in [0.2, 0.25) is 0 Å². The number of hydrogen-bond acceptors (Lipinski definition) is 3. The maximum absolute atomic E-state index is 9.64. The van der Waals surface area contributed by atoms with E-state index < -0.39 is 6.04 Å². The number of aryl methyl sites for hydroxylation is 1.